The van der Waals surface area contributed by atoms with Gasteiger partial charge in [0.25, 0.3) is 5.91 Å². The number of carbonyl (C=O) groups excluding carboxylic acids is 1. The molecule has 1 amide bonds. The third kappa shape index (κ3) is 3.73. The van der Waals surface area contributed by atoms with Crippen molar-refractivity contribution in [2.45, 2.75) is 6.92 Å². The molecule has 5 heteroatoms. The molecule has 0 aliphatic heterocycles. The number of rotatable bonds is 3. The van der Waals surface area contributed by atoms with Crippen molar-refractivity contribution < 1.29 is 4.79 Å². The summed E-state index contributed by atoms with van der Waals surface area (Å²) in [5.41, 5.74) is 4.09. The number of fused-ring (bicyclic) bond motifs is 1. The Morgan fingerprint density at radius 1 is 1.00 bits per heavy atom. The van der Waals surface area contributed by atoms with Crippen LogP contribution >= 0.6 is 15.9 Å². The molecule has 0 spiro atoms. The van der Waals surface area contributed by atoms with Crippen LogP contribution in [0.2, 0.25) is 0 Å². The predicted octanol–water partition coefficient (Wildman–Crippen LogP) is 5.62. The zero-order valence-electron chi connectivity index (χ0n) is 14.6. The molecule has 4 nitrogen and oxygen atoms in total. The molecule has 2 aromatic carbocycles. The lowest BCUT2D eigenvalue weighted by atomic mass is 10.0. The van der Waals surface area contributed by atoms with E-state index in [1.54, 1.807) is 12.3 Å². The van der Waals surface area contributed by atoms with Crippen LogP contribution in [0.5, 0.6) is 0 Å². The van der Waals surface area contributed by atoms with Gasteiger partial charge in [0.15, 0.2) is 0 Å². The van der Waals surface area contributed by atoms with Crippen LogP contribution in [0.25, 0.3) is 22.2 Å². The van der Waals surface area contributed by atoms with Crippen molar-refractivity contribution >= 4 is 38.6 Å². The van der Waals surface area contributed by atoms with E-state index < -0.39 is 0 Å². The number of hydrogen-bond donors (Lipinski definition) is 1. The number of carbonyl (C=O) groups is 1. The van der Waals surface area contributed by atoms with E-state index in [0.29, 0.717) is 11.4 Å². The maximum absolute atomic E-state index is 13.0. The predicted molar refractivity (Wildman–Crippen MR) is 112 cm³/mol. The molecule has 0 saturated carbocycles. The van der Waals surface area contributed by atoms with Crippen molar-refractivity contribution in [1.82, 2.24) is 9.97 Å². The Kier molecular flexibility index (Phi) is 4.69. The smallest absolute Gasteiger partial charge is 0.257 e. The third-order valence-corrected chi connectivity index (χ3v) is 4.78. The quantitative estimate of drug-likeness (QED) is 0.470. The van der Waals surface area contributed by atoms with Crippen LogP contribution in [-0.2, 0) is 0 Å². The number of amides is 1. The van der Waals surface area contributed by atoms with Gasteiger partial charge < -0.3 is 5.32 Å². The Morgan fingerprint density at radius 2 is 1.78 bits per heavy atom. The molecule has 2 aromatic heterocycles. The SMILES string of the molecule is Cc1ccc(NC(=O)c2cc(-c3ccc(Br)cc3)nc3ccccc23)nc1. The lowest BCUT2D eigenvalue weighted by Crippen LogP contribution is -2.14. The number of aromatic nitrogens is 2. The normalized spacial score (nSPS) is 10.7. The van der Waals surface area contributed by atoms with Crippen molar-refractivity contribution in [3.05, 3.63) is 88.5 Å². The molecule has 0 aliphatic carbocycles. The van der Waals surface area contributed by atoms with Crippen LogP contribution in [0.4, 0.5) is 5.82 Å². The van der Waals surface area contributed by atoms with Crippen LogP contribution < -0.4 is 5.32 Å². The molecule has 27 heavy (non-hydrogen) atoms. The molecule has 0 fully saturated rings. The first-order chi connectivity index (χ1) is 13.1. The summed E-state index contributed by atoms with van der Waals surface area (Å²) >= 11 is 3.45. The molecular weight excluding hydrogens is 402 g/mol. The highest BCUT2D eigenvalue weighted by atomic mass is 79.9. The monoisotopic (exact) mass is 417 g/mol. The van der Waals surface area contributed by atoms with Gasteiger partial charge in [-0.3, -0.25) is 4.79 Å². The first kappa shape index (κ1) is 17.4. The highest BCUT2D eigenvalue weighted by molar-refractivity contribution is 9.10. The van der Waals surface area contributed by atoms with Gasteiger partial charge in [-0.15, -0.1) is 0 Å². The maximum atomic E-state index is 13.0. The summed E-state index contributed by atoms with van der Waals surface area (Å²) in [5.74, 6) is 0.319. The van der Waals surface area contributed by atoms with Crippen molar-refractivity contribution in [2.24, 2.45) is 0 Å². The van der Waals surface area contributed by atoms with Gasteiger partial charge in [0.2, 0.25) is 0 Å². The number of nitrogens with one attached hydrogen (secondary N) is 1. The number of benzene rings is 2. The number of pyridine rings is 2. The molecule has 0 bridgehead atoms. The lowest BCUT2D eigenvalue weighted by Gasteiger charge is -2.10. The van der Waals surface area contributed by atoms with Gasteiger partial charge in [-0.05, 0) is 42.8 Å². The van der Waals surface area contributed by atoms with E-state index in [1.807, 2.05) is 67.6 Å². The molecule has 132 valence electrons. The van der Waals surface area contributed by atoms with Gasteiger partial charge in [-0.25, -0.2) is 9.97 Å². The van der Waals surface area contributed by atoms with Crippen molar-refractivity contribution in [3.63, 3.8) is 0 Å². The average molecular weight is 418 g/mol. The number of para-hydroxylation sites is 1. The highest BCUT2D eigenvalue weighted by Gasteiger charge is 2.14. The van der Waals surface area contributed by atoms with Crippen molar-refractivity contribution in [3.8, 4) is 11.3 Å². The minimum atomic E-state index is -0.205. The van der Waals surface area contributed by atoms with Crippen LogP contribution in [0, 0.1) is 6.92 Å². The molecule has 2 heterocycles. The van der Waals surface area contributed by atoms with E-state index in [-0.39, 0.29) is 5.91 Å². The van der Waals surface area contributed by atoms with E-state index in [2.05, 4.69) is 26.2 Å². The highest BCUT2D eigenvalue weighted by Crippen LogP contribution is 2.26. The first-order valence-corrected chi connectivity index (χ1v) is 9.29. The zero-order chi connectivity index (χ0) is 18.8. The summed E-state index contributed by atoms with van der Waals surface area (Å²) < 4.78 is 0.996. The molecular formula is C22H16BrN3O. The zero-order valence-corrected chi connectivity index (χ0v) is 16.2. The lowest BCUT2D eigenvalue weighted by molar-refractivity contribution is 0.102. The van der Waals surface area contributed by atoms with E-state index in [1.165, 1.54) is 0 Å². The molecule has 4 rings (SSSR count). The fourth-order valence-electron chi connectivity index (χ4n) is 2.86. The van der Waals surface area contributed by atoms with Crippen LogP contribution in [0.3, 0.4) is 0 Å². The molecule has 0 unspecified atom stereocenters. The van der Waals surface area contributed by atoms with E-state index in [9.17, 15) is 4.79 Å². The Labute approximate surface area is 165 Å². The fraction of sp³-hybridized carbons (Fsp3) is 0.0455. The maximum Gasteiger partial charge on any atom is 0.257 e. The van der Waals surface area contributed by atoms with Gasteiger partial charge in [0.1, 0.15) is 5.82 Å². The number of halogens is 1. The van der Waals surface area contributed by atoms with E-state index in [0.717, 1.165) is 32.2 Å². The summed E-state index contributed by atoms with van der Waals surface area (Å²) in [6, 6.07) is 21.1. The van der Waals surface area contributed by atoms with Gasteiger partial charge in [0.05, 0.1) is 16.8 Å². The van der Waals surface area contributed by atoms with Gasteiger partial charge >= 0.3 is 0 Å². The summed E-state index contributed by atoms with van der Waals surface area (Å²) in [6.07, 6.45) is 1.73. The van der Waals surface area contributed by atoms with Crippen LogP contribution in [-0.4, -0.2) is 15.9 Å². The van der Waals surface area contributed by atoms with Crippen LogP contribution in [0.1, 0.15) is 15.9 Å². The van der Waals surface area contributed by atoms with Gasteiger partial charge in [-0.2, -0.15) is 0 Å². The van der Waals surface area contributed by atoms with E-state index >= 15 is 0 Å². The largest absolute Gasteiger partial charge is 0.307 e. The number of nitrogens with zero attached hydrogens (tertiary/aromatic N) is 2. The Bertz CT molecular complexity index is 1120. The minimum Gasteiger partial charge on any atom is -0.307 e. The van der Waals surface area contributed by atoms with Gasteiger partial charge in [-0.1, -0.05) is 52.3 Å². The molecule has 1 N–H and O–H groups in total. The summed E-state index contributed by atoms with van der Waals surface area (Å²) in [4.78, 5) is 22.0. The summed E-state index contributed by atoms with van der Waals surface area (Å²) in [6.45, 7) is 1.96. The summed E-state index contributed by atoms with van der Waals surface area (Å²) in [5, 5.41) is 3.69. The first-order valence-electron chi connectivity index (χ1n) is 8.50. The molecule has 0 saturated heterocycles. The summed E-state index contributed by atoms with van der Waals surface area (Å²) in [7, 11) is 0. The van der Waals surface area contributed by atoms with Crippen LogP contribution in [0.15, 0.2) is 77.4 Å². The Hall–Kier alpha value is -3.05. The molecule has 0 atom stereocenters. The second-order valence-corrected chi connectivity index (χ2v) is 7.17. The third-order valence-electron chi connectivity index (χ3n) is 4.25. The van der Waals surface area contributed by atoms with Crippen molar-refractivity contribution in [1.29, 1.82) is 0 Å². The second kappa shape index (κ2) is 7.29. The Morgan fingerprint density at radius 3 is 2.52 bits per heavy atom. The number of anilines is 1. The Balaban J connectivity index is 1.79. The molecule has 4 aromatic rings. The number of hydrogen-bond acceptors (Lipinski definition) is 3. The second-order valence-electron chi connectivity index (χ2n) is 6.25. The standard InChI is InChI=1S/C22H16BrN3O/c1-14-6-11-21(24-13-14)26-22(27)18-12-20(15-7-9-16(23)10-8-15)25-19-5-3-2-4-17(18)19/h2-13H,1H3,(H,24,26,27). The minimum absolute atomic E-state index is 0.205. The van der Waals surface area contributed by atoms with E-state index in [4.69, 9.17) is 4.98 Å². The fourth-order valence-corrected chi connectivity index (χ4v) is 3.12. The number of aryl methyl sites for hydroxylation is 1. The topological polar surface area (TPSA) is 54.9 Å². The average Bonchev–Trinajstić information content (AvgIpc) is 2.69. The molecule has 0 aliphatic rings. The molecule has 0 radical (unpaired) electrons. The van der Waals surface area contributed by atoms with Gasteiger partial charge in [0, 0.05) is 21.6 Å². The van der Waals surface area contributed by atoms with Crippen molar-refractivity contribution in [2.75, 3.05) is 5.32 Å².